The van der Waals surface area contributed by atoms with Gasteiger partial charge in [-0.25, -0.2) is 0 Å². The van der Waals surface area contributed by atoms with E-state index < -0.39 is 0 Å². The Bertz CT molecular complexity index is 306. The molecule has 3 heteroatoms. The Hall–Kier alpha value is -0.380. The maximum atomic E-state index is 3.63. The first-order valence-corrected chi connectivity index (χ1v) is 7.03. The molecular formula is C13H22N2S. The van der Waals surface area contributed by atoms with E-state index in [1.54, 1.807) is 0 Å². The van der Waals surface area contributed by atoms with Gasteiger partial charge in [0.2, 0.25) is 0 Å². The van der Waals surface area contributed by atoms with E-state index in [0.29, 0.717) is 11.5 Å². The van der Waals surface area contributed by atoms with Crippen molar-refractivity contribution in [3.63, 3.8) is 0 Å². The Balaban J connectivity index is 1.76. The minimum absolute atomic E-state index is 0.431. The monoisotopic (exact) mass is 238 g/mol. The standard InChI is InChI=1S/C13H22N2S/c1-13(2)6-4-7-15-12(13)10-14-9-11-5-3-8-16-11/h3,5,8,12,14-15H,4,6-7,9-10H2,1-2H3. The van der Waals surface area contributed by atoms with Crippen LogP contribution in [0.15, 0.2) is 17.5 Å². The summed E-state index contributed by atoms with van der Waals surface area (Å²) in [6.07, 6.45) is 2.65. The van der Waals surface area contributed by atoms with Crippen molar-refractivity contribution >= 4 is 11.3 Å². The third-order valence-electron chi connectivity index (χ3n) is 3.56. The lowest BCUT2D eigenvalue weighted by atomic mass is 9.77. The number of hydrogen-bond donors (Lipinski definition) is 2. The van der Waals surface area contributed by atoms with E-state index in [1.165, 1.54) is 24.3 Å². The molecule has 90 valence electrons. The van der Waals surface area contributed by atoms with Gasteiger partial charge >= 0.3 is 0 Å². The van der Waals surface area contributed by atoms with Crippen LogP contribution in [0.25, 0.3) is 0 Å². The Kier molecular flexibility index (Phi) is 4.00. The van der Waals surface area contributed by atoms with Gasteiger partial charge in [0.1, 0.15) is 0 Å². The van der Waals surface area contributed by atoms with E-state index in [9.17, 15) is 0 Å². The third kappa shape index (κ3) is 3.06. The minimum atomic E-state index is 0.431. The summed E-state index contributed by atoms with van der Waals surface area (Å²) in [5.74, 6) is 0. The lowest BCUT2D eigenvalue weighted by Gasteiger charge is -2.39. The number of hydrogen-bond acceptors (Lipinski definition) is 3. The summed E-state index contributed by atoms with van der Waals surface area (Å²) in [6.45, 7) is 8.00. The Morgan fingerprint density at radius 3 is 3.12 bits per heavy atom. The maximum Gasteiger partial charge on any atom is 0.0300 e. The predicted molar refractivity (Wildman–Crippen MR) is 70.8 cm³/mol. The summed E-state index contributed by atoms with van der Waals surface area (Å²) >= 11 is 1.83. The van der Waals surface area contributed by atoms with Gasteiger partial charge in [-0.1, -0.05) is 19.9 Å². The van der Waals surface area contributed by atoms with E-state index >= 15 is 0 Å². The van der Waals surface area contributed by atoms with Gasteiger partial charge in [-0.2, -0.15) is 0 Å². The maximum absolute atomic E-state index is 3.63. The Labute approximate surface area is 102 Å². The fourth-order valence-corrected chi connectivity index (χ4v) is 3.05. The minimum Gasteiger partial charge on any atom is -0.312 e. The molecule has 0 spiro atoms. The highest BCUT2D eigenvalue weighted by molar-refractivity contribution is 7.09. The summed E-state index contributed by atoms with van der Waals surface area (Å²) < 4.78 is 0. The lowest BCUT2D eigenvalue weighted by molar-refractivity contribution is 0.176. The van der Waals surface area contributed by atoms with E-state index in [2.05, 4.69) is 42.0 Å². The van der Waals surface area contributed by atoms with Crippen LogP contribution >= 0.6 is 11.3 Å². The van der Waals surface area contributed by atoms with Crippen LogP contribution in [0.5, 0.6) is 0 Å². The molecule has 2 heterocycles. The molecule has 0 saturated carbocycles. The zero-order valence-corrected chi connectivity index (χ0v) is 11.1. The van der Waals surface area contributed by atoms with Crippen LogP contribution in [-0.2, 0) is 6.54 Å². The average molecular weight is 238 g/mol. The predicted octanol–water partition coefficient (Wildman–Crippen LogP) is 2.62. The number of thiophene rings is 1. The molecule has 1 aliphatic rings. The molecule has 1 atom stereocenters. The second-order valence-corrected chi connectivity index (χ2v) is 6.34. The van der Waals surface area contributed by atoms with Gasteiger partial charge in [-0.05, 0) is 36.2 Å². The van der Waals surface area contributed by atoms with Crippen molar-refractivity contribution in [2.24, 2.45) is 5.41 Å². The first-order valence-electron chi connectivity index (χ1n) is 6.15. The van der Waals surface area contributed by atoms with E-state index in [0.717, 1.165) is 13.1 Å². The van der Waals surface area contributed by atoms with E-state index in [4.69, 9.17) is 0 Å². The van der Waals surface area contributed by atoms with Gasteiger partial charge in [0.25, 0.3) is 0 Å². The molecule has 1 aromatic heterocycles. The molecule has 1 fully saturated rings. The molecule has 0 aromatic carbocycles. The fourth-order valence-electron chi connectivity index (χ4n) is 2.37. The third-order valence-corrected chi connectivity index (χ3v) is 4.44. The molecule has 16 heavy (non-hydrogen) atoms. The molecule has 2 rings (SSSR count). The van der Waals surface area contributed by atoms with Crippen LogP contribution in [0.1, 0.15) is 31.6 Å². The number of nitrogens with one attached hydrogen (secondary N) is 2. The van der Waals surface area contributed by atoms with Gasteiger partial charge in [0.15, 0.2) is 0 Å². The highest BCUT2D eigenvalue weighted by Crippen LogP contribution is 2.29. The van der Waals surface area contributed by atoms with Crippen molar-refractivity contribution in [1.29, 1.82) is 0 Å². The van der Waals surface area contributed by atoms with Gasteiger partial charge in [-0.3, -0.25) is 0 Å². The summed E-state index contributed by atoms with van der Waals surface area (Å²) in [5.41, 5.74) is 0.431. The molecule has 1 aromatic rings. The zero-order valence-electron chi connectivity index (χ0n) is 10.3. The molecular weight excluding hydrogens is 216 g/mol. The molecule has 0 bridgehead atoms. The van der Waals surface area contributed by atoms with Crippen molar-refractivity contribution in [2.75, 3.05) is 13.1 Å². The highest BCUT2D eigenvalue weighted by atomic mass is 32.1. The van der Waals surface area contributed by atoms with Crippen molar-refractivity contribution in [3.8, 4) is 0 Å². The van der Waals surface area contributed by atoms with Crippen molar-refractivity contribution in [1.82, 2.24) is 10.6 Å². The van der Waals surface area contributed by atoms with Crippen LogP contribution in [0.2, 0.25) is 0 Å². The highest BCUT2D eigenvalue weighted by Gasteiger charge is 2.31. The summed E-state index contributed by atoms with van der Waals surface area (Å²) in [6, 6.07) is 4.92. The number of piperidine rings is 1. The van der Waals surface area contributed by atoms with Gasteiger partial charge in [-0.15, -0.1) is 11.3 Å². The molecule has 1 saturated heterocycles. The molecule has 0 radical (unpaired) electrons. The van der Waals surface area contributed by atoms with Gasteiger partial charge < -0.3 is 10.6 Å². The largest absolute Gasteiger partial charge is 0.312 e. The molecule has 0 amide bonds. The van der Waals surface area contributed by atoms with Gasteiger partial charge in [0, 0.05) is 24.0 Å². The second kappa shape index (κ2) is 5.30. The fraction of sp³-hybridized carbons (Fsp3) is 0.692. The van der Waals surface area contributed by atoms with Crippen LogP contribution < -0.4 is 10.6 Å². The van der Waals surface area contributed by atoms with Crippen LogP contribution in [0, 0.1) is 5.41 Å². The molecule has 0 aliphatic carbocycles. The second-order valence-electron chi connectivity index (χ2n) is 5.31. The van der Waals surface area contributed by atoms with E-state index in [-0.39, 0.29) is 0 Å². The van der Waals surface area contributed by atoms with Crippen molar-refractivity contribution < 1.29 is 0 Å². The summed E-state index contributed by atoms with van der Waals surface area (Å²) in [5, 5.41) is 9.33. The van der Waals surface area contributed by atoms with Crippen molar-refractivity contribution in [2.45, 2.75) is 39.3 Å². The first-order chi connectivity index (χ1) is 7.68. The summed E-state index contributed by atoms with van der Waals surface area (Å²) in [7, 11) is 0. The Morgan fingerprint density at radius 2 is 2.44 bits per heavy atom. The van der Waals surface area contributed by atoms with Gasteiger partial charge in [0.05, 0.1) is 0 Å². The smallest absolute Gasteiger partial charge is 0.0300 e. The molecule has 1 aliphatic heterocycles. The van der Waals surface area contributed by atoms with Crippen LogP contribution in [-0.4, -0.2) is 19.1 Å². The topological polar surface area (TPSA) is 24.1 Å². The Morgan fingerprint density at radius 1 is 1.56 bits per heavy atom. The first kappa shape index (κ1) is 12.1. The SMILES string of the molecule is CC1(C)CCCNC1CNCc1cccs1. The zero-order chi connectivity index (χ0) is 11.4. The van der Waals surface area contributed by atoms with Crippen molar-refractivity contribution in [3.05, 3.63) is 22.4 Å². The van der Waals surface area contributed by atoms with Crippen LogP contribution in [0.4, 0.5) is 0 Å². The molecule has 2 nitrogen and oxygen atoms in total. The lowest BCUT2D eigenvalue weighted by Crippen LogP contribution is -2.51. The molecule has 2 N–H and O–H groups in total. The number of rotatable bonds is 4. The average Bonchev–Trinajstić information content (AvgIpc) is 2.73. The van der Waals surface area contributed by atoms with Crippen LogP contribution in [0.3, 0.4) is 0 Å². The quantitative estimate of drug-likeness (QED) is 0.842. The molecule has 1 unspecified atom stereocenters. The van der Waals surface area contributed by atoms with E-state index in [1.807, 2.05) is 11.3 Å². The normalized spacial score (nSPS) is 24.5. The summed E-state index contributed by atoms with van der Waals surface area (Å²) in [4.78, 5) is 1.42.